The van der Waals surface area contributed by atoms with E-state index in [1.165, 1.54) is 6.07 Å². The first-order chi connectivity index (χ1) is 8.20. The zero-order valence-electron chi connectivity index (χ0n) is 9.60. The Balaban J connectivity index is 2.33. The lowest BCUT2D eigenvalue weighted by Crippen LogP contribution is -2.01. The van der Waals surface area contributed by atoms with Crippen LogP contribution in [-0.2, 0) is 0 Å². The van der Waals surface area contributed by atoms with Crippen molar-refractivity contribution in [2.75, 3.05) is 13.2 Å². The van der Waals surface area contributed by atoms with Crippen molar-refractivity contribution in [3.05, 3.63) is 40.2 Å². The standard InChI is InChI=1S/C13H14O4/c1-9-7-13(15)17-12-8-10(3-4-11(9)12)16-6-2-5-14/h3-4,7-8,14H,2,5-6H2,1H3. The molecule has 0 fully saturated rings. The molecule has 0 bridgehead atoms. The normalized spacial score (nSPS) is 10.7. The number of hydrogen-bond acceptors (Lipinski definition) is 4. The summed E-state index contributed by atoms with van der Waals surface area (Å²) in [6, 6.07) is 6.85. The number of benzene rings is 1. The molecular weight excluding hydrogens is 220 g/mol. The largest absolute Gasteiger partial charge is 0.493 e. The molecule has 0 aliphatic carbocycles. The molecule has 0 saturated heterocycles. The summed E-state index contributed by atoms with van der Waals surface area (Å²) in [7, 11) is 0. The van der Waals surface area contributed by atoms with E-state index in [2.05, 4.69) is 0 Å². The summed E-state index contributed by atoms with van der Waals surface area (Å²) in [5, 5.41) is 9.55. The van der Waals surface area contributed by atoms with Crippen molar-refractivity contribution in [2.45, 2.75) is 13.3 Å². The number of ether oxygens (including phenoxy) is 1. The van der Waals surface area contributed by atoms with E-state index in [0.717, 1.165) is 10.9 Å². The average Bonchev–Trinajstić information content (AvgIpc) is 2.28. The molecular formula is C13H14O4. The molecule has 17 heavy (non-hydrogen) atoms. The average molecular weight is 234 g/mol. The third kappa shape index (κ3) is 2.65. The van der Waals surface area contributed by atoms with Crippen LogP contribution in [0.25, 0.3) is 11.0 Å². The summed E-state index contributed by atoms with van der Waals surface area (Å²) in [5.41, 5.74) is 1.05. The van der Waals surface area contributed by atoms with Gasteiger partial charge in [-0.05, 0) is 24.6 Å². The van der Waals surface area contributed by atoms with Gasteiger partial charge in [0.15, 0.2) is 0 Å². The van der Waals surface area contributed by atoms with Crippen LogP contribution in [-0.4, -0.2) is 18.3 Å². The lowest BCUT2D eigenvalue weighted by atomic mass is 10.1. The van der Waals surface area contributed by atoms with E-state index in [1.807, 2.05) is 19.1 Å². The summed E-state index contributed by atoms with van der Waals surface area (Å²) >= 11 is 0. The van der Waals surface area contributed by atoms with Crippen molar-refractivity contribution in [3.8, 4) is 5.75 Å². The highest BCUT2D eigenvalue weighted by atomic mass is 16.5. The van der Waals surface area contributed by atoms with E-state index in [-0.39, 0.29) is 12.2 Å². The highest BCUT2D eigenvalue weighted by molar-refractivity contribution is 5.81. The van der Waals surface area contributed by atoms with E-state index in [4.69, 9.17) is 14.3 Å². The minimum absolute atomic E-state index is 0.0990. The van der Waals surface area contributed by atoms with Crippen molar-refractivity contribution in [3.63, 3.8) is 0 Å². The molecule has 0 saturated carbocycles. The molecule has 0 spiro atoms. The molecule has 2 rings (SSSR count). The van der Waals surface area contributed by atoms with Gasteiger partial charge in [-0.2, -0.15) is 0 Å². The zero-order chi connectivity index (χ0) is 12.3. The number of fused-ring (bicyclic) bond motifs is 1. The van der Waals surface area contributed by atoms with Gasteiger partial charge < -0.3 is 14.3 Å². The van der Waals surface area contributed by atoms with Gasteiger partial charge in [-0.15, -0.1) is 0 Å². The molecule has 90 valence electrons. The fraction of sp³-hybridized carbons (Fsp3) is 0.308. The van der Waals surface area contributed by atoms with Crippen LogP contribution < -0.4 is 10.4 Å². The Morgan fingerprint density at radius 1 is 1.35 bits per heavy atom. The maximum atomic E-state index is 11.2. The first-order valence-electron chi connectivity index (χ1n) is 5.49. The van der Waals surface area contributed by atoms with Gasteiger partial charge in [0.2, 0.25) is 0 Å². The third-order valence-corrected chi connectivity index (χ3v) is 2.49. The van der Waals surface area contributed by atoms with Crippen molar-refractivity contribution in [2.24, 2.45) is 0 Å². The van der Waals surface area contributed by atoms with Gasteiger partial charge >= 0.3 is 5.63 Å². The number of rotatable bonds is 4. The first-order valence-corrected chi connectivity index (χ1v) is 5.49. The Hall–Kier alpha value is -1.81. The van der Waals surface area contributed by atoms with Gasteiger partial charge in [0.25, 0.3) is 0 Å². The fourth-order valence-corrected chi connectivity index (χ4v) is 1.65. The van der Waals surface area contributed by atoms with E-state index in [9.17, 15) is 4.79 Å². The third-order valence-electron chi connectivity index (χ3n) is 2.49. The molecule has 0 atom stereocenters. The molecule has 4 heteroatoms. The van der Waals surface area contributed by atoms with Crippen molar-refractivity contribution in [1.82, 2.24) is 0 Å². The summed E-state index contributed by atoms with van der Waals surface area (Å²) in [6.45, 7) is 2.41. The van der Waals surface area contributed by atoms with Crippen LogP contribution in [0.1, 0.15) is 12.0 Å². The molecule has 1 N–H and O–H groups in total. The second kappa shape index (κ2) is 5.01. The Bertz CT molecular complexity index is 571. The van der Waals surface area contributed by atoms with Gasteiger partial charge in [0.1, 0.15) is 11.3 Å². The lowest BCUT2D eigenvalue weighted by molar-refractivity contribution is 0.233. The highest BCUT2D eigenvalue weighted by Gasteiger charge is 2.03. The maximum absolute atomic E-state index is 11.2. The molecule has 2 aromatic rings. The van der Waals surface area contributed by atoms with E-state index in [0.29, 0.717) is 24.4 Å². The number of aryl methyl sites for hydroxylation is 1. The molecule has 0 unspecified atom stereocenters. The topological polar surface area (TPSA) is 59.7 Å². The molecule has 1 heterocycles. The van der Waals surface area contributed by atoms with Crippen molar-refractivity contribution < 1.29 is 14.3 Å². The smallest absolute Gasteiger partial charge is 0.336 e. The Labute approximate surface area is 98.4 Å². The summed E-state index contributed by atoms with van der Waals surface area (Å²) < 4.78 is 10.5. The molecule has 0 aliphatic rings. The SMILES string of the molecule is Cc1cc(=O)oc2cc(OCCCO)ccc12. The second-order valence-corrected chi connectivity index (χ2v) is 3.83. The predicted octanol–water partition coefficient (Wildman–Crippen LogP) is 1.86. The van der Waals surface area contributed by atoms with Crippen LogP contribution in [0.5, 0.6) is 5.75 Å². The minimum Gasteiger partial charge on any atom is -0.493 e. The molecule has 1 aromatic carbocycles. The van der Waals surface area contributed by atoms with E-state index < -0.39 is 0 Å². The Morgan fingerprint density at radius 2 is 2.18 bits per heavy atom. The van der Waals surface area contributed by atoms with Crippen LogP contribution in [0.4, 0.5) is 0 Å². The number of hydrogen-bond donors (Lipinski definition) is 1. The molecule has 1 aromatic heterocycles. The lowest BCUT2D eigenvalue weighted by Gasteiger charge is -2.06. The van der Waals surface area contributed by atoms with E-state index >= 15 is 0 Å². The van der Waals surface area contributed by atoms with E-state index in [1.54, 1.807) is 6.07 Å². The summed E-state index contributed by atoms with van der Waals surface area (Å²) in [6.07, 6.45) is 0.579. The van der Waals surface area contributed by atoms with Crippen LogP contribution in [0, 0.1) is 6.92 Å². The van der Waals surface area contributed by atoms with Gasteiger partial charge in [-0.1, -0.05) is 0 Å². The molecule has 0 aliphatic heterocycles. The van der Waals surface area contributed by atoms with Gasteiger partial charge in [0.05, 0.1) is 6.61 Å². The number of aliphatic hydroxyl groups excluding tert-OH is 1. The van der Waals surface area contributed by atoms with Crippen LogP contribution in [0.15, 0.2) is 33.5 Å². The van der Waals surface area contributed by atoms with Crippen LogP contribution >= 0.6 is 0 Å². The Kier molecular flexibility index (Phi) is 3.44. The van der Waals surface area contributed by atoms with Crippen LogP contribution in [0.3, 0.4) is 0 Å². The predicted molar refractivity (Wildman–Crippen MR) is 64.4 cm³/mol. The van der Waals surface area contributed by atoms with Crippen LogP contribution in [0.2, 0.25) is 0 Å². The summed E-state index contributed by atoms with van der Waals surface area (Å²) in [4.78, 5) is 11.2. The fourth-order valence-electron chi connectivity index (χ4n) is 1.65. The highest BCUT2D eigenvalue weighted by Crippen LogP contribution is 2.22. The summed E-state index contributed by atoms with van der Waals surface area (Å²) in [5.74, 6) is 0.639. The molecule has 0 radical (unpaired) electrons. The van der Waals surface area contributed by atoms with Gasteiger partial charge in [-0.3, -0.25) is 0 Å². The van der Waals surface area contributed by atoms with Gasteiger partial charge in [0, 0.05) is 30.5 Å². The maximum Gasteiger partial charge on any atom is 0.336 e. The van der Waals surface area contributed by atoms with Gasteiger partial charge in [-0.25, -0.2) is 4.79 Å². The Morgan fingerprint density at radius 3 is 2.94 bits per heavy atom. The molecule has 4 nitrogen and oxygen atoms in total. The monoisotopic (exact) mass is 234 g/mol. The number of aliphatic hydroxyl groups is 1. The quantitative estimate of drug-likeness (QED) is 0.648. The molecule has 0 amide bonds. The zero-order valence-corrected chi connectivity index (χ0v) is 9.60. The minimum atomic E-state index is -0.359. The van der Waals surface area contributed by atoms with Crippen molar-refractivity contribution in [1.29, 1.82) is 0 Å². The second-order valence-electron chi connectivity index (χ2n) is 3.83. The van der Waals surface area contributed by atoms with Crippen molar-refractivity contribution >= 4 is 11.0 Å². The first kappa shape index (κ1) is 11.7.